The Hall–Kier alpha value is -0.890. The number of benzene rings is 1. The summed E-state index contributed by atoms with van der Waals surface area (Å²) in [6, 6.07) is 5.32. The van der Waals surface area contributed by atoms with Crippen molar-refractivity contribution in [2.75, 3.05) is 26.6 Å². The number of ether oxygens (including phenoxy) is 2. The van der Waals surface area contributed by atoms with Gasteiger partial charge in [0.15, 0.2) is 0 Å². The van der Waals surface area contributed by atoms with Crippen LogP contribution in [0, 0.1) is 7.43 Å². The van der Waals surface area contributed by atoms with E-state index in [1.165, 1.54) is 39.8 Å². The van der Waals surface area contributed by atoms with Gasteiger partial charge in [-0.2, -0.15) is 0 Å². The predicted octanol–water partition coefficient (Wildman–Crippen LogP) is 2.34. The van der Waals surface area contributed by atoms with Crippen LogP contribution in [0.15, 0.2) is 30.4 Å². The van der Waals surface area contributed by atoms with Gasteiger partial charge in [0, 0.05) is 36.0 Å². The number of hydrogen-bond donors (Lipinski definition) is 1. The predicted molar refractivity (Wildman–Crippen MR) is 122 cm³/mol. The maximum absolute atomic E-state index is 9.58. The minimum absolute atomic E-state index is 0. The van der Waals surface area contributed by atoms with Crippen molar-refractivity contribution >= 4 is 47.9 Å². The van der Waals surface area contributed by atoms with Gasteiger partial charge in [-0.15, -0.1) is 0 Å². The molecular weight excluding hydrogens is 440 g/mol. The zero-order valence-corrected chi connectivity index (χ0v) is 22.5. The Kier molecular flexibility index (Phi) is 43.2. The third-order valence-corrected chi connectivity index (χ3v) is 3.09. The van der Waals surface area contributed by atoms with E-state index in [4.69, 9.17) is 28.0 Å². The van der Waals surface area contributed by atoms with Crippen LogP contribution in [0.4, 0.5) is 5.69 Å². The summed E-state index contributed by atoms with van der Waals surface area (Å²) in [6.07, 6.45) is 9.24. The molecule has 0 amide bonds. The van der Waals surface area contributed by atoms with Crippen molar-refractivity contribution in [1.29, 1.82) is 0 Å². The molecule has 0 fully saturated rings. The van der Waals surface area contributed by atoms with E-state index in [1.54, 1.807) is 6.07 Å². The molecule has 0 spiro atoms. The molecule has 0 aliphatic heterocycles. The molecule has 30 heavy (non-hydrogen) atoms. The van der Waals surface area contributed by atoms with Crippen LogP contribution in [0.25, 0.3) is 0 Å². The molecule has 168 valence electrons. The van der Waals surface area contributed by atoms with E-state index in [1.807, 2.05) is 33.0 Å². The molecule has 1 aromatic carbocycles. The van der Waals surface area contributed by atoms with Crippen LogP contribution in [0.1, 0.15) is 33.1 Å². The smallest absolute Gasteiger partial charge is 0.539 e. The van der Waals surface area contributed by atoms with Crippen LogP contribution in [-0.4, -0.2) is 46.4 Å². The average Bonchev–Trinajstić information content (AvgIpc) is 3.31. The third-order valence-electron chi connectivity index (χ3n) is 2.65. The Morgan fingerprint density at radius 2 is 1.50 bits per heavy atom. The third kappa shape index (κ3) is 29.3. The number of aldehydes is 1. The number of halogens is 2. The van der Waals surface area contributed by atoms with Crippen LogP contribution < -0.4 is 34.9 Å². The van der Waals surface area contributed by atoms with Gasteiger partial charge >= 0.3 is 29.6 Å². The fraction of sp³-hybridized carbons (Fsp3) is 0.429. The number of anilines is 1. The summed E-state index contributed by atoms with van der Waals surface area (Å²) in [5.74, 6) is 0. The first-order valence-electron chi connectivity index (χ1n) is 8.60. The summed E-state index contributed by atoms with van der Waals surface area (Å²) in [5.41, 5.74) is 0.928. The number of carbonyl (C=O) groups is 2. The molecular formula is C21H33Cl2NNaO5-. The number of rotatable bonds is 5. The summed E-state index contributed by atoms with van der Waals surface area (Å²) < 4.78 is 8.12. The van der Waals surface area contributed by atoms with E-state index in [0.29, 0.717) is 22.8 Å². The van der Waals surface area contributed by atoms with E-state index >= 15 is 0 Å². The Labute approximate surface area is 214 Å². The van der Waals surface area contributed by atoms with Gasteiger partial charge in [-0.3, -0.25) is 4.79 Å². The Balaban J connectivity index is -0.0000000927. The second-order valence-corrected chi connectivity index (χ2v) is 5.43. The number of nitrogens with one attached hydrogen (secondary N) is 1. The average molecular weight is 473 g/mol. The summed E-state index contributed by atoms with van der Waals surface area (Å²) >= 11 is 11.4. The van der Waals surface area contributed by atoms with Gasteiger partial charge in [0.05, 0.1) is 7.11 Å². The summed E-state index contributed by atoms with van der Waals surface area (Å²) in [4.78, 5) is 28.0. The van der Waals surface area contributed by atoms with Crippen molar-refractivity contribution in [2.45, 2.75) is 39.2 Å². The molecule has 0 bridgehead atoms. The first kappa shape index (κ1) is 39.6. The maximum Gasteiger partial charge on any atom is 1.00 e. The van der Waals surface area contributed by atoms with E-state index < -0.39 is 6.10 Å². The molecule has 1 aliphatic rings. The molecule has 0 aromatic heterocycles. The second kappa shape index (κ2) is 32.8. The standard InChI is InChI=1S/C7H7Cl2N.C5H8.C4H5O3.C2H4O2.C2H6.CH3.Na/c1-10-7-3-5(8)2-6(9)4-7;1-2-4-5-3-1;1-7-4(2-5)3-6;1-4-2-3;1-2;;/h2-4,10H,1H3;1-2H,3-5H2;2,4H,1H3;2H,1H3;1-2H3;1H3;/q;;-1;;;-1;+1. The molecule has 0 radical (unpaired) electrons. The van der Waals surface area contributed by atoms with Gasteiger partial charge in [-0.25, -0.2) is 6.29 Å². The molecule has 1 N–H and O–H groups in total. The van der Waals surface area contributed by atoms with Gasteiger partial charge in [0.2, 0.25) is 0 Å². The molecule has 1 atom stereocenters. The second-order valence-electron chi connectivity index (χ2n) is 4.55. The fourth-order valence-electron chi connectivity index (χ4n) is 1.42. The fourth-order valence-corrected chi connectivity index (χ4v) is 1.94. The van der Waals surface area contributed by atoms with E-state index in [9.17, 15) is 9.59 Å². The van der Waals surface area contributed by atoms with Crippen LogP contribution in [-0.2, 0) is 23.9 Å². The van der Waals surface area contributed by atoms with Crippen molar-refractivity contribution in [3.63, 3.8) is 0 Å². The van der Waals surface area contributed by atoms with E-state index in [2.05, 4.69) is 26.9 Å². The van der Waals surface area contributed by atoms with Crippen molar-refractivity contribution in [1.82, 2.24) is 0 Å². The maximum atomic E-state index is 9.58. The van der Waals surface area contributed by atoms with E-state index in [0.717, 1.165) is 5.69 Å². The first-order valence-corrected chi connectivity index (χ1v) is 9.35. The molecule has 1 aromatic rings. The molecule has 0 saturated heterocycles. The largest absolute Gasteiger partial charge is 1.00 e. The number of allylic oxidation sites excluding steroid dienone is 2. The van der Waals surface area contributed by atoms with Crippen LogP contribution in [0.2, 0.25) is 10.0 Å². The molecule has 1 aliphatic carbocycles. The topological polar surface area (TPSA) is 81.7 Å². The molecule has 0 saturated carbocycles. The Morgan fingerprint density at radius 1 is 1.07 bits per heavy atom. The summed E-state index contributed by atoms with van der Waals surface area (Å²) in [5, 5.41) is 4.24. The van der Waals surface area contributed by atoms with Crippen molar-refractivity contribution in [2.24, 2.45) is 0 Å². The van der Waals surface area contributed by atoms with Crippen molar-refractivity contribution in [3.05, 3.63) is 47.8 Å². The minimum atomic E-state index is -1.00. The van der Waals surface area contributed by atoms with Gasteiger partial charge < -0.3 is 31.8 Å². The van der Waals surface area contributed by atoms with Gasteiger partial charge in [-0.05, 0) is 37.5 Å². The number of carbonyl (C=O) groups excluding carboxylic acids is 3. The molecule has 6 nitrogen and oxygen atoms in total. The summed E-state index contributed by atoms with van der Waals surface area (Å²) in [7, 11) is 4.40. The monoisotopic (exact) mass is 472 g/mol. The molecule has 1 unspecified atom stereocenters. The number of hydrogen-bond acceptors (Lipinski definition) is 6. The molecule has 2 rings (SSSR count). The van der Waals surface area contributed by atoms with Gasteiger partial charge in [-0.1, -0.05) is 49.2 Å². The van der Waals surface area contributed by atoms with Crippen molar-refractivity contribution in [3.8, 4) is 0 Å². The van der Waals surface area contributed by atoms with Crippen LogP contribution >= 0.6 is 23.2 Å². The molecule has 0 heterocycles. The van der Waals surface area contributed by atoms with Crippen molar-refractivity contribution < 1.29 is 53.4 Å². The Morgan fingerprint density at radius 3 is 1.67 bits per heavy atom. The number of methoxy groups -OCH3 is 2. The summed E-state index contributed by atoms with van der Waals surface area (Å²) in [6.45, 7) is 4.38. The van der Waals surface area contributed by atoms with Gasteiger partial charge in [0.25, 0.3) is 6.47 Å². The Bertz CT molecular complexity index is 512. The quantitative estimate of drug-likeness (QED) is 0.233. The molecule has 9 heteroatoms. The first-order chi connectivity index (χ1) is 13.5. The normalized spacial score (nSPS) is 10.5. The zero-order chi connectivity index (χ0) is 22.2. The van der Waals surface area contributed by atoms with E-state index in [-0.39, 0.29) is 37.0 Å². The van der Waals surface area contributed by atoms with Crippen LogP contribution in [0.3, 0.4) is 0 Å². The van der Waals surface area contributed by atoms with Crippen LogP contribution in [0.5, 0.6) is 0 Å². The van der Waals surface area contributed by atoms with Gasteiger partial charge in [0.1, 0.15) is 6.29 Å². The SMILES string of the molecule is C1=CCCC1.CC.CNc1cc(Cl)cc(Cl)c1.COC([C-]=O)C=O.COC=O.[CH3-].[Na+]. The zero-order valence-electron chi connectivity index (χ0n) is 19.0. The minimum Gasteiger partial charge on any atom is -0.539 e.